The molecule has 1 fully saturated rings. The van der Waals surface area contributed by atoms with Crippen LogP contribution in [0.15, 0.2) is 140 Å². The van der Waals surface area contributed by atoms with Crippen molar-refractivity contribution in [1.29, 1.82) is 0 Å². The van der Waals surface area contributed by atoms with Crippen LogP contribution >= 0.6 is 16.3 Å². The number of aryl methyl sites for hydroxylation is 8. The zero-order valence-electron chi connectivity index (χ0n) is 37.7. The van der Waals surface area contributed by atoms with E-state index in [4.69, 9.17) is 28.0 Å². The van der Waals surface area contributed by atoms with Gasteiger partial charge in [0, 0.05) is 28.3 Å². The van der Waals surface area contributed by atoms with Crippen molar-refractivity contribution in [1.82, 2.24) is 0 Å². The van der Waals surface area contributed by atoms with Crippen LogP contribution in [0, 0.1) is 55.4 Å². The maximum absolute atomic E-state index is 14.1. The molecule has 1 heterocycles. The molecule has 10 heteroatoms. The molecule has 5 atom stereocenters. The van der Waals surface area contributed by atoms with Crippen molar-refractivity contribution in [3.8, 4) is 0 Å². The van der Waals surface area contributed by atoms with Crippen molar-refractivity contribution in [3.63, 3.8) is 0 Å². The van der Waals surface area contributed by atoms with Gasteiger partial charge in [0.15, 0.2) is 12.4 Å². The molecule has 0 bridgehead atoms. The van der Waals surface area contributed by atoms with E-state index in [1.165, 1.54) is 25.3 Å². The summed E-state index contributed by atoms with van der Waals surface area (Å²) in [6, 6.07) is 34.5. The summed E-state index contributed by atoms with van der Waals surface area (Å²) >= 11 is 0. The molecule has 328 valence electrons. The molecule has 6 rings (SSSR count). The Bertz CT molecular complexity index is 2300. The number of ether oxygens (including phenoxy) is 4. The highest BCUT2D eigenvalue weighted by molar-refractivity contribution is 7.69. The fourth-order valence-electron chi connectivity index (χ4n) is 7.98. The maximum Gasteiger partial charge on any atom is 0.338 e. The Labute approximate surface area is 375 Å². The van der Waals surface area contributed by atoms with Gasteiger partial charge in [-0.2, -0.15) is 0 Å². The summed E-state index contributed by atoms with van der Waals surface area (Å²) in [5, 5.41) is 3.88. The van der Waals surface area contributed by atoms with Crippen molar-refractivity contribution in [2.45, 2.75) is 86.1 Å². The minimum Gasteiger partial charge on any atom is -0.459 e. The molecule has 0 saturated carbocycles. The Hall–Kier alpha value is -5.04. The lowest BCUT2D eigenvalue weighted by molar-refractivity contribution is -0.287. The van der Waals surface area contributed by atoms with Crippen LogP contribution in [0.25, 0.3) is 0 Å². The lowest BCUT2D eigenvalue weighted by Gasteiger charge is -2.46. The van der Waals surface area contributed by atoms with E-state index in [-0.39, 0.29) is 12.2 Å². The first-order chi connectivity index (χ1) is 30.1. The number of benzene rings is 5. The molecule has 1 aliphatic rings. The van der Waals surface area contributed by atoms with Gasteiger partial charge in [-0.15, -0.1) is 0 Å². The standard InChI is InChI=1S/C53H58O8P2/c1-12-17-41(13-2)52(55)59-50-49(61-63(45-28-37(7)22-38(8)29-45)46-30-39(9)23-40(10)31-46)48(47(58-53(50)56-11)32-57-51(54)42-18-15-14-16-19-42)60-62(43-24-33(3)20-34(4)25-43)44-26-35(5)21-36(6)27-44/h12-31,47-50,53H,1-2,32H2,3-11H3/b41-17+/t47-,48-,49+,50-,53+/m1/s1. The third-order valence-corrected chi connectivity index (χ3v) is 14.2. The van der Waals surface area contributed by atoms with Gasteiger partial charge < -0.3 is 28.0 Å². The molecule has 0 aliphatic carbocycles. The Morgan fingerprint density at radius 3 is 1.40 bits per heavy atom. The largest absolute Gasteiger partial charge is 0.459 e. The number of methoxy groups -OCH3 is 1. The zero-order valence-corrected chi connectivity index (χ0v) is 39.5. The molecule has 5 aromatic carbocycles. The topological polar surface area (TPSA) is 89.5 Å². The summed E-state index contributed by atoms with van der Waals surface area (Å²) in [6.45, 7) is 24.0. The first-order valence-corrected chi connectivity index (χ1v) is 23.5. The lowest BCUT2D eigenvalue weighted by atomic mass is 9.99. The SMILES string of the molecule is C=C/C=C(\C=C)C(=O)O[C@H]1[C@@H](OC)O[C@H](COC(=O)c2ccccc2)[C@@H](OP(c2cc(C)cc(C)c2)c2cc(C)cc(C)c2)[C@@H]1OP(c1cc(C)cc(C)c1)c1cc(C)cc(C)c1. The molecule has 0 spiro atoms. The van der Waals surface area contributed by atoms with Gasteiger partial charge in [-0.25, -0.2) is 9.59 Å². The molecule has 0 N–H and O–H groups in total. The summed E-state index contributed by atoms with van der Waals surface area (Å²) in [5.74, 6) is -1.20. The van der Waals surface area contributed by atoms with Crippen LogP contribution in [0.4, 0.5) is 0 Å². The Kier molecular flexibility index (Phi) is 16.2. The number of esters is 2. The first kappa shape index (κ1) is 47.4. The molecule has 1 aliphatic heterocycles. The highest BCUT2D eigenvalue weighted by Gasteiger charge is 2.53. The van der Waals surface area contributed by atoms with Crippen LogP contribution in [-0.4, -0.2) is 56.4 Å². The maximum atomic E-state index is 14.1. The van der Waals surface area contributed by atoms with Gasteiger partial charge >= 0.3 is 11.9 Å². The smallest absolute Gasteiger partial charge is 0.338 e. The van der Waals surface area contributed by atoms with Gasteiger partial charge in [-0.1, -0.05) is 112 Å². The van der Waals surface area contributed by atoms with Gasteiger partial charge in [-0.3, -0.25) is 0 Å². The second-order valence-electron chi connectivity index (χ2n) is 16.3. The molecule has 8 nitrogen and oxygen atoms in total. The van der Waals surface area contributed by atoms with Gasteiger partial charge in [0.2, 0.25) is 0 Å². The van der Waals surface area contributed by atoms with E-state index in [0.29, 0.717) is 5.56 Å². The number of allylic oxidation sites excluding steroid dienone is 2. The third kappa shape index (κ3) is 12.2. The van der Waals surface area contributed by atoms with Crippen molar-refractivity contribution in [2.24, 2.45) is 0 Å². The highest BCUT2D eigenvalue weighted by atomic mass is 31.1. The fraction of sp³-hybridized carbons (Fsp3) is 0.283. The van der Waals surface area contributed by atoms with Crippen LogP contribution in [-0.2, 0) is 32.8 Å². The quantitative estimate of drug-likeness (QED) is 0.0419. The fourth-order valence-corrected chi connectivity index (χ4v) is 12.6. The molecular weight excluding hydrogens is 827 g/mol. The van der Waals surface area contributed by atoms with Gasteiger partial charge in [-0.05, 0) is 122 Å². The predicted octanol–water partition coefficient (Wildman–Crippen LogP) is 9.76. The number of hydrogen-bond donors (Lipinski definition) is 0. The van der Waals surface area contributed by atoms with Gasteiger partial charge in [0.05, 0.1) is 27.4 Å². The summed E-state index contributed by atoms with van der Waals surface area (Å²) in [5.41, 5.74) is 9.20. The van der Waals surface area contributed by atoms with Crippen LogP contribution in [0.5, 0.6) is 0 Å². The van der Waals surface area contributed by atoms with Gasteiger partial charge in [0.1, 0.15) is 24.9 Å². The number of hydrogen-bond acceptors (Lipinski definition) is 8. The Morgan fingerprint density at radius 2 is 1.02 bits per heavy atom. The van der Waals surface area contributed by atoms with Crippen molar-refractivity contribution in [2.75, 3.05) is 13.7 Å². The van der Waals surface area contributed by atoms with Crippen LogP contribution in [0.3, 0.4) is 0 Å². The average molecular weight is 885 g/mol. The van der Waals surface area contributed by atoms with Crippen LogP contribution in [0.2, 0.25) is 0 Å². The van der Waals surface area contributed by atoms with Crippen molar-refractivity contribution >= 4 is 49.5 Å². The summed E-state index contributed by atoms with van der Waals surface area (Å²) < 4.78 is 40.5. The normalized spacial score (nSPS) is 18.9. The van der Waals surface area contributed by atoms with Crippen LogP contribution in [0.1, 0.15) is 54.9 Å². The van der Waals surface area contributed by atoms with E-state index in [2.05, 4.69) is 141 Å². The molecular formula is C53H58O8P2. The summed E-state index contributed by atoms with van der Waals surface area (Å²) in [4.78, 5) is 27.8. The molecule has 0 unspecified atom stereocenters. The number of rotatable bonds is 16. The Balaban J connectivity index is 1.59. The van der Waals surface area contributed by atoms with E-state index in [0.717, 1.165) is 65.7 Å². The predicted molar refractivity (Wildman–Crippen MR) is 257 cm³/mol. The third-order valence-electron chi connectivity index (χ3n) is 10.4. The molecule has 0 radical (unpaired) electrons. The van der Waals surface area contributed by atoms with E-state index < -0.39 is 58.9 Å². The highest BCUT2D eigenvalue weighted by Crippen LogP contribution is 2.47. The molecule has 0 amide bonds. The monoisotopic (exact) mass is 884 g/mol. The van der Waals surface area contributed by atoms with E-state index in [1.807, 2.05) is 6.07 Å². The molecule has 5 aromatic rings. The Morgan fingerprint density at radius 1 is 0.603 bits per heavy atom. The average Bonchev–Trinajstić information content (AvgIpc) is 3.22. The van der Waals surface area contributed by atoms with E-state index in [1.54, 1.807) is 24.3 Å². The minimum atomic E-state index is -1.63. The summed E-state index contributed by atoms with van der Waals surface area (Å²) in [6.07, 6.45) is -0.892. The van der Waals surface area contributed by atoms with Crippen molar-refractivity contribution in [3.05, 3.63) is 190 Å². The van der Waals surface area contributed by atoms with Gasteiger partial charge in [0.25, 0.3) is 0 Å². The molecule has 0 aromatic heterocycles. The number of carbonyl (C=O) groups is 2. The second-order valence-corrected chi connectivity index (χ2v) is 20.0. The second kappa shape index (κ2) is 21.6. The van der Waals surface area contributed by atoms with Crippen molar-refractivity contribution < 1.29 is 37.6 Å². The zero-order chi connectivity index (χ0) is 45.4. The van der Waals surface area contributed by atoms with E-state index >= 15 is 0 Å². The van der Waals surface area contributed by atoms with E-state index in [9.17, 15) is 9.59 Å². The molecule has 1 saturated heterocycles. The first-order valence-electron chi connectivity index (χ1n) is 21.0. The lowest BCUT2D eigenvalue weighted by Crippen LogP contribution is -2.62. The molecule has 63 heavy (non-hydrogen) atoms. The minimum absolute atomic E-state index is 0.189. The summed E-state index contributed by atoms with van der Waals surface area (Å²) in [7, 11) is -1.76. The number of carbonyl (C=O) groups excluding carboxylic acids is 2. The van der Waals surface area contributed by atoms with Crippen LogP contribution < -0.4 is 21.2 Å².